The van der Waals surface area contributed by atoms with Crippen LogP contribution in [0.25, 0.3) is 0 Å². The van der Waals surface area contributed by atoms with Crippen LogP contribution in [0.1, 0.15) is 18.4 Å². The molecule has 0 fully saturated rings. The van der Waals surface area contributed by atoms with Gasteiger partial charge >= 0.3 is 0 Å². The molecule has 1 aromatic rings. The Kier molecular flexibility index (Phi) is 3.62. The van der Waals surface area contributed by atoms with Crippen LogP contribution in [0, 0.1) is 11.3 Å². The number of hydrogen-bond acceptors (Lipinski definition) is 2. The van der Waals surface area contributed by atoms with Gasteiger partial charge in [0.1, 0.15) is 5.75 Å². The molecule has 0 amide bonds. The van der Waals surface area contributed by atoms with Crippen molar-refractivity contribution in [2.45, 2.75) is 12.8 Å². The lowest BCUT2D eigenvalue weighted by molar-refractivity contribution is 0.409. The average Bonchev–Trinajstić information content (AvgIpc) is 2.15. The fourth-order valence-corrected chi connectivity index (χ4v) is 1.77. The van der Waals surface area contributed by atoms with Crippen LogP contribution < -0.4 is 4.74 Å². The molecule has 14 heavy (non-hydrogen) atoms. The number of benzene rings is 1. The Hall–Kier alpha value is -0.910. The zero-order valence-electron chi connectivity index (χ0n) is 7.84. The van der Waals surface area contributed by atoms with Crippen LogP contribution in [0.5, 0.6) is 5.75 Å². The van der Waals surface area contributed by atoms with Gasteiger partial charge in [-0.15, -0.1) is 0 Å². The minimum Gasteiger partial charge on any atom is -0.495 e. The van der Waals surface area contributed by atoms with Gasteiger partial charge in [0, 0.05) is 10.6 Å². The lowest BCUT2D eigenvalue weighted by atomic mass is 10.0. The van der Waals surface area contributed by atoms with Crippen molar-refractivity contribution in [2.75, 3.05) is 7.11 Å². The maximum atomic E-state index is 8.80. The predicted molar refractivity (Wildman–Crippen MR) is 57.0 cm³/mol. The van der Waals surface area contributed by atoms with Crippen molar-refractivity contribution >= 4 is 23.2 Å². The molecule has 0 saturated carbocycles. The molecule has 2 nitrogen and oxygen atoms in total. The van der Waals surface area contributed by atoms with Gasteiger partial charge in [0.15, 0.2) is 0 Å². The molecule has 1 unspecified atom stereocenters. The first-order chi connectivity index (χ1) is 6.60. The second-order valence-electron chi connectivity index (χ2n) is 2.86. The molecule has 1 rings (SSSR count). The Morgan fingerprint density at radius 2 is 2.07 bits per heavy atom. The van der Waals surface area contributed by atoms with Crippen molar-refractivity contribution in [2.24, 2.45) is 0 Å². The van der Waals surface area contributed by atoms with Crippen molar-refractivity contribution in [3.8, 4) is 11.8 Å². The Balaban J connectivity index is 3.33. The molecule has 4 heteroatoms. The molecule has 0 aliphatic carbocycles. The van der Waals surface area contributed by atoms with E-state index < -0.39 is 0 Å². The van der Waals surface area contributed by atoms with Crippen molar-refractivity contribution in [1.82, 2.24) is 0 Å². The summed E-state index contributed by atoms with van der Waals surface area (Å²) in [4.78, 5) is 0. The third-order valence-corrected chi connectivity index (χ3v) is 2.40. The monoisotopic (exact) mass is 229 g/mol. The highest BCUT2D eigenvalue weighted by Crippen LogP contribution is 2.36. The topological polar surface area (TPSA) is 33.0 Å². The third kappa shape index (κ3) is 2.12. The fourth-order valence-electron chi connectivity index (χ4n) is 1.19. The summed E-state index contributed by atoms with van der Waals surface area (Å²) >= 11 is 11.7. The molecule has 0 heterocycles. The van der Waals surface area contributed by atoms with Gasteiger partial charge in [0.2, 0.25) is 0 Å². The Morgan fingerprint density at radius 3 is 2.57 bits per heavy atom. The Morgan fingerprint density at radius 1 is 1.43 bits per heavy atom. The number of rotatable bonds is 2. The molecular formula is C10H9Cl2NO. The largest absolute Gasteiger partial charge is 0.495 e. The molecule has 0 radical (unpaired) electrons. The lowest BCUT2D eigenvalue weighted by Crippen LogP contribution is -1.96. The van der Waals surface area contributed by atoms with E-state index in [0.717, 1.165) is 0 Å². The van der Waals surface area contributed by atoms with Crippen molar-refractivity contribution in [3.05, 3.63) is 27.7 Å². The van der Waals surface area contributed by atoms with Gasteiger partial charge in [0.25, 0.3) is 0 Å². The van der Waals surface area contributed by atoms with E-state index in [4.69, 9.17) is 33.2 Å². The molecule has 0 aliphatic heterocycles. The maximum absolute atomic E-state index is 8.80. The van der Waals surface area contributed by atoms with Gasteiger partial charge in [-0.25, -0.2) is 0 Å². The molecular weight excluding hydrogens is 221 g/mol. The highest BCUT2D eigenvalue weighted by atomic mass is 35.5. The van der Waals surface area contributed by atoms with E-state index in [9.17, 15) is 0 Å². The second kappa shape index (κ2) is 4.54. The summed E-state index contributed by atoms with van der Waals surface area (Å²) in [7, 11) is 1.52. The van der Waals surface area contributed by atoms with Crippen LogP contribution in [0.15, 0.2) is 12.1 Å². The molecule has 0 N–H and O–H groups in total. The first-order valence-corrected chi connectivity index (χ1v) is 4.78. The number of halogens is 2. The minimum absolute atomic E-state index is 0.291. The number of nitrogens with zero attached hydrogens (tertiary/aromatic N) is 1. The third-order valence-electron chi connectivity index (χ3n) is 1.90. The van der Waals surface area contributed by atoms with Gasteiger partial charge < -0.3 is 4.74 Å². The van der Waals surface area contributed by atoms with E-state index >= 15 is 0 Å². The van der Waals surface area contributed by atoms with E-state index in [-0.39, 0.29) is 5.92 Å². The molecule has 1 atom stereocenters. The summed E-state index contributed by atoms with van der Waals surface area (Å²) in [6.45, 7) is 1.77. The molecule has 1 aromatic carbocycles. The zero-order chi connectivity index (χ0) is 10.7. The van der Waals surface area contributed by atoms with Gasteiger partial charge in [-0.2, -0.15) is 5.26 Å². The predicted octanol–water partition coefficient (Wildman–Crippen LogP) is 3.63. The summed E-state index contributed by atoms with van der Waals surface area (Å²) in [6, 6.07) is 5.40. The van der Waals surface area contributed by atoms with Crippen LogP contribution in [0.4, 0.5) is 0 Å². The van der Waals surface area contributed by atoms with E-state index in [1.165, 1.54) is 7.11 Å². The van der Waals surface area contributed by atoms with Crippen LogP contribution in [-0.4, -0.2) is 7.11 Å². The number of hydrogen-bond donors (Lipinski definition) is 0. The molecule has 0 aromatic heterocycles. The normalized spacial score (nSPS) is 11.9. The van der Waals surface area contributed by atoms with Crippen molar-refractivity contribution in [3.63, 3.8) is 0 Å². The first-order valence-electron chi connectivity index (χ1n) is 4.02. The van der Waals surface area contributed by atoms with Gasteiger partial charge in [-0.3, -0.25) is 0 Å². The zero-order valence-corrected chi connectivity index (χ0v) is 9.36. The minimum atomic E-state index is -0.291. The van der Waals surface area contributed by atoms with E-state index in [2.05, 4.69) is 6.07 Å². The second-order valence-corrected chi connectivity index (χ2v) is 3.70. The Bertz CT molecular complexity index is 384. The molecule has 0 bridgehead atoms. The summed E-state index contributed by atoms with van der Waals surface area (Å²) in [5.41, 5.74) is 0.715. The van der Waals surface area contributed by atoms with Gasteiger partial charge in [-0.05, 0) is 19.1 Å². The fraction of sp³-hybridized carbons (Fsp3) is 0.300. The number of methoxy groups -OCH3 is 1. The quantitative estimate of drug-likeness (QED) is 0.777. The van der Waals surface area contributed by atoms with E-state index in [1.54, 1.807) is 19.1 Å². The maximum Gasteiger partial charge on any atom is 0.142 e. The molecule has 0 saturated heterocycles. The number of ether oxygens (including phenoxy) is 1. The van der Waals surface area contributed by atoms with Crippen molar-refractivity contribution in [1.29, 1.82) is 5.26 Å². The average molecular weight is 230 g/mol. The van der Waals surface area contributed by atoms with Crippen molar-refractivity contribution < 1.29 is 4.74 Å². The van der Waals surface area contributed by atoms with E-state index in [1.807, 2.05) is 0 Å². The van der Waals surface area contributed by atoms with Crippen LogP contribution in [0.2, 0.25) is 10.0 Å². The summed E-state index contributed by atoms with van der Waals surface area (Å²) < 4.78 is 5.11. The molecule has 0 spiro atoms. The van der Waals surface area contributed by atoms with Crippen LogP contribution >= 0.6 is 23.2 Å². The standard InChI is InChI=1S/C10H9Cl2NO/c1-6(5-13)8-3-7(11)4-9(12)10(8)14-2/h3-4,6H,1-2H3. The van der Waals surface area contributed by atoms with Gasteiger partial charge in [-0.1, -0.05) is 23.2 Å². The van der Waals surface area contributed by atoms with Gasteiger partial charge in [0.05, 0.1) is 24.1 Å². The first kappa shape index (κ1) is 11.2. The molecule has 0 aliphatic rings. The lowest BCUT2D eigenvalue weighted by Gasteiger charge is -2.11. The smallest absolute Gasteiger partial charge is 0.142 e. The summed E-state index contributed by atoms with van der Waals surface area (Å²) in [5.74, 6) is 0.228. The highest BCUT2D eigenvalue weighted by molar-refractivity contribution is 6.35. The summed E-state index contributed by atoms with van der Waals surface area (Å²) in [6.07, 6.45) is 0. The van der Waals surface area contributed by atoms with Crippen LogP contribution in [-0.2, 0) is 0 Å². The van der Waals surface area contributed by atoms with Crippen LogP contribution in [0.3, 0.4) is 0 Å². The summed E-state index contributed by atoms with van der Waals surface area (Å²) in [5, 5.41) is 9.73. The SMILES string of the molecule is COc1c(Cl)cc(Cl)cc1C(C)C#N. The Labute approximate surface area is 93.0 Å². The highest BCUT2D eigenvalue weighted by Gasteiger charge is 2.14. The molecule has 74 valence electrons. The number of nitriles is 1. The van der Waals surface area contributed by atoms with E-state index in [0.29, 0.717) is 21.4 Å².